The molecule has 2 aromatic rings. The summed E-state index contributed by atoms with van der Waals surface area (Å²) in [5.74, 6) is -0.268. The summed E-state index contributed by atoms with van der Waals surface area (Å²) in [5.41, 5.74) is 4.90. The highest BCUT2D eigenvalue weighted by Gasteiger charge is 2.27. The number of aliphatic hydroxyl groups excluding tert-OH is 1. The van der Waals surface area contributed by atoms with Crippen molar-refractivity contribution in [3.05, 3.63) is 70.8 Å². The summed E-state index contributed by atoms with van der Waals surface area (Å²) in [6, 6.07) is 15.6. The highest BCUT2D eigenvalue weighted by Crippen LogP contribution is 2.36. The number of hydrogen-bond donors (Lipinski definition) is 1. The quantitative estimate of drug-likeness (QED) is 0.449. The average molecular weight is 471 g/mol. The Kier molecular flexibility index (Phi) is 11.8. The molecular formula is C31H50O3. The lowest BCUT2D eigenvalue weighted by atomic mass is 9.71. The van der Waals surface area contributed by atoms with Crippen molar-refractivity contribution in [1.29, 1.82) is 0 Å². The maximum Gasteiger partial charge on any atom is 0.338 e. The van der Waals surface area contributed by atoms with Gasteiger partial charge in [-0.25, -0.2) is 4.79 Å². The van der Waals surface area contributed by atoms with Crippen LogP contribution in [-0.2, 0) is 22.2 Å². The standard InChI is InChI=1S/C12H16O2.C11H16O.C8H18/c1-12(2,3)10-8-6-5-7-9(10)11(13)14-4;1-11(2,3)10-7-5-4-6-9(10)8-12;1-7(2,3)8(4,5)6/h5-8H,1-4H3;4-7,12H,8H2,1-3H3;1-6H3. The molecule has 0 fully saturated rings. The molecule has 0 aromatic heterocycles. The zero-order valence-corrected chi connectivity index (χ0v) is 24.1. The number of ether oxygens (including phenoxy) is 1. The summed E-state index contributed by atoms with van der Waals surface area (Å²) in [7, 11) is 1.40. The Bertz CT molecular complexity index is 870. The fourth-order valence-corrected chi connectivity index (χ4v) is 2.81. The third kappa shape index (κ3) is 10.4. The second kappa shape index (κ2) is 12.5. The van der Waals surface area contributed by atoms with Gasteiger partial charge in [0.15, 0.2) is 0 Å². The smallest absolute Gasteiger partial charge is 0.338 e. The van der Waals surface area contributed by atoms with Crippen LogP contribution in [-0.4, -0.2) is 18.2 Å². The number of carbonyl (C=O) groups is 1. The van der Waals surface area contributed by atoms with Gasteiger partial charge >= 0.3 is 5.97 Å². The Labute approximate surface area is 210 Å². The molecule has 192 valence electrons. The van der Waals surface area contributed by atoms with E-state index in [0.29, 0.717) is 16.4 Å². The molecule has 2 aromatic carbocycles. The molecule has 0 amide bonds. The van der Waals surface area contributed by atoms with Gasteiger partial charge in [-0.1, -0.05) is 126 Å². The number of rotatable bonds is 2. The van der Waals surface area contributed by atoms with E-state index in [1.54, 1.807) is 6.07 Å². The molecule has 0 radical (unpaired) electrons. The van der Waals surface area contributed by atoms with Crippen molar-refractivity contribution in [2.45, 2.75) is 101 Å². The third-order valence-electron chi connectivity index (χ3n) is 6.39. The van der Waals surface area contributed by atoms with Crippen LogP contribution < -0.4 is 0 Å². The zero-order chi connectivity index (χ0) is 27.0. The van der Waals surface area contributed by atoms with Gasteiger partial charge in [-0.15, -0.1) is 0 Å². The number of carbonyl (C=O) groups excluding carboxylic acids is 1. The van der Waals surface area contributed by atoms with Crippen LogP contribution in [0.25, 0.3) is 0 Å². The van der Waals surface area contributed by atoms with Crippen LogP contribution in [0, 0.1) is 10.8 Å². The Hall–Kier alpha value is -2.13. The van der Waals surface area contributed by atoms with E-state index in [2.05, 4.69) is 89.2 Å². The molecule has 2 rings (SSSR count). The first-order valence-corrected chi connectivity index (χ1v) is 12.1. The normalized spacial score (nSPS) is 12.1. The van der Waals surface area contributed by atoms with Crippen LogP contribution in [0.3, 0.4) is 0 Å². The molecule has 34 heavy (non-hydrogen) atoms. The fourth-order valence-electron chi connectivity index (χ4n) is 2.81. The zero-order valence-electron chi connectivity index (χ0n) is 24.1. The molecule has 0 atom stereocenters. The number of aliphatic hydroxyl groups is 1. The Morgan fingerprint density at radius 3 is 1.38 bits per heavy atom. The summed E-state index contributed by atoms with van der Waals surface area (Å²) < 4.78 is 4.73. The van der Waals surface area contributed by atoms with Gasteiger partial charge in [-0.2, -0.15) is 0 Å². The van der Waals surface area contributed by atoms with E-state index in [-0.39, 0.29) is 23.4 Å². The van der Waals surface area contributed by atoms with E-state index in [1.807, 2.05) is 36.4 Å². The predicted octanol–water partition coefficient (Wildman–Crippen LogP) is 8.33. The summed E-state index contributed by atoms with van der Waals surface area (Å²) in [5, 5.41) is 9.08. The number of esters is 1. The van der Waals surface area contributed by atoms with E-state index < -0.39 is 0 Å². The molecule has 3 heteroatoms. The average Bonchev–Trinajstić information content (AvgIpc) is 2.71. The van der Waals surface area contributed by atoms with Crippen molar-refractivity contribution in [2.24, 2.45) is 10.8 Å². The summed E-state index contributed by atoms with van der Waals surface area (Å²) >= 11 is 0. The van der Waals surface area contributed by atoms with Crippen molar-refractivity contribution in [3.8, 4) is 0 Å². The molecular weight excluding hydrogens is 420 g/mol. The van der Waals surface area contributed by atoms with Crippen LogP contribution in [0.15, 0.2) is 48.5 Å². The van der Waals surface area contributed by atoms with E-state index in [1.165, 1.54) is 12.7 Å². The van der Waals surface area contributed by atoms with Gasteiger partial charge in [-0.3, -0.25) is 0 Å². The Balaban J connectivity index is 0.000000500. The first kappa shape index (κ1) is 31.9. The first-order chi connectivity index (χ1) is 15.3. The molecule has 0 unspecified atom stereocenters. The summed E-state index contributed by atoms with van der Waals surface area (Å²) in [6.07, 6.45) is 0. The molecule has 0 heterocycles. The lowest BCUT2D eigenvalue weighted by Crippen LogP contribution is -2.25. The van der Waals surface area contributed by atoms with Crippen molar-refractivity contribution < 1.29 is 14.6 Å². The lowest BCUT2D eigenvalue weighted by Gasteiger charge is -2.34. The SMILES string of the molecule is CC(C)(C)C(C)(C)C.CC(C)(C)c1ccccc1CO.COC(=O)c1ccccc1C(C)(C)C. The molecule has 0 saturated carbocycles. The molecule has 1 N–H and O–H groups in total. The number of benzene rings is 2. The van der Waals surface area contributed by atoms with Crippen molar-refractivity contribution in [1.82, 2.24) is 0 Å². The van der Waals surface area contributed by atoms with Crippen LogP contribution in [0.4, 0.5) is 0 Å². The van der Waals surface area contributed by atoms with E-state index >= 15 is 0 Å². The van der Waals surface area contributed by atoms with Gasteiger partial charge in [0.2, 0.25) is 0 Å². The monoisotopic (exact) mass is 470 g/mol. The van der Waals surface area contributed by atoms with Gasteiger partial charge in [0.1, 0.15) is 0 Å². The van der Waals surface area contributed by atoms with Crippen molar-refractivity contribution >= 4 is 5.97 Å². The largest absolute Gasteiger partial charge is 0.465 e. The van der Waals surface area contributed by atoms with E-state index in [0.717, 1.165) is 11.1 Å². The fraction of sp³-hybridized carbons (Fsp3) is 0.581. The van der Waals surface area contributed by atoms with Gasteiger partial charge in [0.05, 0.1) is 19.3 Å². The van der Waals surface area contributed by atoms with Crippen LogP contribution in [0.5, 0.6) is 0 Å². The maximum absolute atomic E-state index is 11.5. The Morgan fingerprint density at radius 2 is 1.06 bits per heavy atom. The minimum absolute atomic E-state index is 0.0369. The second-order valence-corrected chi connectivity index (χ2v) is 12.9. The van der Waals surface area contributed by atoms with Crippen molar-refractivity contribution in [3.63, 3.8) is 0 Å². The third-order valence-corrected chi connectivity index (χ3v) is 6.39. The predicted molar refractivity (Wildman–Crippen MR) is 146 cm³/mol. The van der Waals surface area contributed by atoms with Crippen molar-refractivity contribution in [2.75, 3.05) is 7.11 Å². The van der Waals surface area contributed by atoms with Crippen LogP contribution in [0.1, 0.15) is 110 Å². The van der Waals surface area contributed by atoms with E-state index in [9.17, 15) is 4.79 Å². The highest BCUT2D eigenvalue weighted by atomic mass is 16.5. The minimum atomic E-state index is -0.268. The molecule has 0 aliphatic carbocycles. The molecule has 0 spiro atoms. The minimum Gasteiger partial charge on any atom is -0.465 e. The van der Waals surface area contributed by atoms with Gasteiger partial charge < -0.3 is 9.84 Å². The maximum atomic E-state index is 11.5. The van der Waals surface area contributed by atoms with Crippen LogP contribution >= 0.6 is 0 Å². The van der Waals surface area contributed by atoms with E-state index in [4.69, 9.17) is 9.84 Å². The number of methoxy groups -OCH3 is 1. The first-order valence-electron chi connectivity index (χ1n) is 12.1. The molecule has 3 nitrogen and oxygen atoms in total. The topological polar surface area (TPSA) is 46.5 Å². The molecule has 0 bridgehead atoms. The van der Waals surface area contributed by atoms with Gasteiger partial charge in [-0.05, 0) is 44.4 Å². The van der Waals surface area contributed by atoms with Gasteiger partial charge in [0.25, 0.3) is 0 Å². The number of hydrogen-bond acceptors (Lipinski definition) is 3. The molecule has 0 aliphatic heterocycles. The summed E-state index contributed by atoms with van der Waals surface area (Å²) in [4.78, 5) is 11.5. The second-order valence-electron chi connectivity index (χ2n) is 12.9. The highest BCUT2D eigenvalue weighted by molar-refractivity contribution is 5.91. The molecule has 0 saturated heterocycles. The Morgan fingerprint density at radius 1 is 0.676 bits per heavy atom. The molecule has 0 aliphatic rings. The summed E-state index contributed by atoms with van der Waals surface area (Å²) in [6.45, 7) is 26.5. The van der Waals surface area contributed by atoms with Gasteiger partial charge in [0, 0.05) is 0 Å². The van der Waals surface area contributed by atoms with Crippen LogP contribution in [0.2, 0.25) is 0 Å². The lowest BCUT2D eigenvalue weighted by molar-refractivity contribution is 0.0598.